The Bertz CT molecular complexity index is 797. The second-order valence-electron chi connectivity index (χ2n) is 6.22. The van der Waals surface area contributed by atoms with E-state index in [1.807, 2.05) is 55.5 Å². The van der Waals surface area contributed by atoms with Crippen LogP contribution < -0.4 is 9.47 Å². The van der Waals surface area contributed by atoms with Crippen molar-refractivity contribution < 1.29 is 19.0 Å². The Balaban J connectivity index is 1.59. The van der Waals surface area contributed by atoms with Crippen LogP contribution in [-0.2, 0) is 9.53 Å². The van der Waals surface area contributed by atoms with Gasteiger partial charge < -0.3 is 14.2 Å². The molecule has 2 aromatic carbocycles. The molecule has 0 saturated heterocycles. The van der Waals surface area contributed by atoms with Gasteiger partial charge in [0.1, 0.15) is 17.6 Å². The van der Waals surface area contributed by atoms with Gasteiger partial charge in [0.15, 0.2) is 0 Å². The average molecular weight is 336 g/mol. The molecule has 0 saturated carbocycles. The highest BCUT2D eigenvalue weighted by atomic mass is 16.5. The summed E-state index contributed by atoms with van der Waals surface area (Å²) in [4.78, 5) is 12.7. The zero-order valence-electron chi connectivity index (χ0n) is 14.1. The molecule has 4 rings (SSSR count). The first-order chi connectivity index (χ1) is 12.3. The third-order valence-corrected chi connectivity index (χ3v) is 4.65. The molecule has 0 amide bonds. The van der Waals surface area contributed by atoms with E-state index in [0.29, 0.717) is 18.8 Å². The van der Waals surface area contributed by atoms with Gasteiger partial charge in [0.25, 0.3) is 0 Å². The van der Waals surface area contributed by atoms with Crippen LogP contribution in [0.3, 0.4) is 0 Å². The number of benzene rings is 2. The number of carbonyl (C=O) groups excluding carboxylic acids is 1. The summed E-state index contributed by atoms with van der Waals surface area (Å²) in [5.41, 5.74) is 2.20. The standard InChI is InChI=1S/C21H20O4/c1-2-23-19-12-16-15-10-6-7-11-18(15)25-20(16)13-17(19)21(22)24-14-8-4-3-5-9-14/h3-12,17,19-20H,2,13H2,1H3/t17-,19-,20-/m1/s1. The van der Waals surface area contributed by atoms with E-state index in [4.69, 9.17) is 14.2 Å². The molecule has 128 valence electrons. The second kappa shape index (κ2) is 6.73. The summed E-state index contributed by atoms with van der Waals surface area (Å²) in [5.74, 6) is 0.752. The van der Waals surface area contributed by atoms with Crippen molar-refractivity contribution in [3.05, 3.63) is 66.2 Å². The Hall–Kier alpha value is -2.59. The number of hydrogen-bond donors (Lipinski definition) is 0. The van der Waals surface area contributed by atoms with Crippen LogP contribution in [0.2, 0.25) is 0 Å². The third-order valence-electron chi connectivity index (χ3n) is 4.65. The monoisotopic (exact) mass is 336 g/mol. The molecule has 0 unspecified atom stereocenters. The lowest BCUT2D eigenvalue weighted by atomic mass is 9.83. The summed E-state index contributed by atoms with van der Waals surface area (Å²) >= 11 is 0. The lowest BCUT2D eigenvalue weighted by Crippen LogP contribution is -2.39. The summed E-state index contributed by atoms with van der Waals surface area (Å²) in [6.07, 6.45) is 2.15. The molecule has 0 spiro atoms. The van der Waals surface area contributed by atoms with Gasteiger partial charge in [-0.3, -0.25) is 4.79 Å². The van der Waals surface area contributed by atoms with E-state index in [-0.39, 0.29) is 24.1 Å². The van der Waals surface area contributed by atoms with Gasteiger partial charge >= 0.3 is 5.97 Å². The van der Waals surface area contributed by atoms with Crippen molar-refractivity contribution in [3.8, 4) is 11.5 Å². The van der Waals surface area contributed by atoms with Crippen LogP contribution in [0.1, 0.15) is 18.9 Å². The van der Waals surface area contributed by atoms with Gasteiger partial charge in [-0.05, 0) is 31.2 Å². The van der Waals surface area contributed by atoms with Crippen molar-refractivity contribution >= 4 is 11.5 Å². The Morgan fingerprint density at radius 2 is 1.88 bits per heavy atom. The topological polar surface area (TPSA) is 44.8 Å². The molecule has 1 aliphatic heterocycles. The number of ether oxygens (including phenoxy) is 3. The Kier molecular flexibility index (Phi) is 4.28. The van der Waals surface area contributed by atoms with E-state index in [0.717, 1.165) is 16.9 Å². The van der Waals surface area contributed by atoms with Crippen molar-refractivity contribution in [1.29, 1.82) is 0 Å². The third kappa shape index (κ3) is 3.05. The van der Waals surface area contributed by atoms with Crippen LogP contribution >= 0.6 is 0 Å². The molecule has 3 atom stereocenters. The van der Waals surface area contributed by atoms with Gasteiger partial charge in [-0.1, -0.05) is 36.4 Å². The van der Waals surface area contributed by atoms with E-state index in [9.17, 15) is 4.79 Å². The van der Waals surface area contributed by atoms with Crippen molar-refractivity contribution in [2.45, 2.75) is 25.6 Å². The van der Waals surface area contributed by atoms with Gasteiger partial charge in [0.05, 0.1) is 12.0 Å². The van der Waals surface area contributed by atoms with Crippen LogP contribution in [0.5, 0.6) is 11.5 Å². The lowest BCUT2D eigenvalue weighted by molar-refractivity contribution is -0.144. The minimum atomic E-state index is -0.386. The molecule has 0 radical (unpaired) electrons. The van der Waals surface area contributed by atoms with Crippen LogP contribution in [0, 0.1) is 5.92 Å². The number of hydrogen-bond acceptors (Lipinski definition) is 4. The van der Waals surface area contributed by atoms with Crippen molar-refractivity contribution in [2.24, 2.45) is 5.92 Å². The molecule has 1 aliphatic carbocycles. The predicted octanol–water partition coefficient (Wildman–Crippen LogP) is 3.86. The molecule has 25 heavy (non-hydrogen) atoms. The van der Waals surface area contributed by atoms with Gasteiger partial charge in [-0.25, -0.2) is 0 Å². The van der Waals surface area contributed by atoms with Crippen molar-refractivity contribution in [3.63, 3.8) is 0 Å². The first kappa shape index (κ1) is 15.9. The van der Waals surface area contributed by atoms with Crippen LogP contribution in [-0.4, -0.2) is 24.8 Å². The molecule has 4 nitrogen and oxygen atoms in total. The minimum absolute atomic E-state index is 0.123. The SMILES string of the molecule is CCO[C@@H]1C=C2c3ccccc3O[C@@H]2C[C@H]1C(=O)Oc1ccccc1. The maximum Gasteiger partial charge on any atom is 0.317 e. The summed E-state index contributed by atoms with van der Waals surface area (Å²) in [7, 11) is 0. The van der Waals surface area contributed by atoms with Gasteiger partial charge in [-0.15, -0.1) is 0 Å². The lowest BCUT2D eigenvalue weighted by Gasteiger charge is -2.30. The summed E-state index contributed by atoms with van der Waals surface area (Å²) in [6.45, 7) is 2.47. The van der Waals surface area contributed by atoms with Gasteiger partial charge in [-0.2, -0.15) is 0 Å². The minimum Gasteiger partial charge on any atom is -0.485 e. The van der Waals surface area contributed by atoms with Gasteiger partial charge in [0, 0.05) is 24.2 Å². The van der Waals surface area contributed by atoms with Gasteiger partial charge in [0.2, 0.25) is 0 Å². The Labute approximate surface area is 147 Å². The fraction of sp³-hybridized carbons (Fsp3) is 0.286. The Morgan fingerprint density at radius 1 is 1.12 bits per heavy atom. The van der Waals surface area contributed by atoms with Crippen molar-refractivity contribution in [1.82, 2.24) is 0 Å². The molecule has 0 bridgehead atoms. The maximum absolute atomic E-state index is 12.7. The molecule has 0 aromatic heterocycles. The zero-order chi connectivity index (χ0) is 17.2. The largest absolute Gasteiger partial charge is 0.485 e. The van der Waals surface area contributed by atoms with Crippen LogP contribution in [0.15, 0.2) is 60.7 Å². The molecule has 4 heteroatoms. The number of esters is 1. The van der Waals surface area contributed by atoms with Crippen molar-refractivity contribution in [2.75, 3.05) is 6.61 Å². The first-order valence-corrected chi connectivity index (χ1v) is 8.62. The number of carbonyl (C=O) groups is 1. The summed E-state index contributed by atoms with van der Waals surface area (Å²) in [6, 6.07) is 17.1. The van der Waals surface area contributed by atoms with E-state index in [1.165, 1.54) is 0 Å². The highest BCUT2D eigenvalue weighted by Gasteiger charge is 2.42. The molecule has 1 heterocycles. The number of para-hydroxylation sites is 2. The first-order valence-electron chi connectivity index (χ1n) is 8.62. The van der Waals surface area contributed by atoms with E-state index < -0.39 is 0 Å². The van der Waals surface area contributed by atoms with Crippen LogP contribution in [0.25, 0.3) is 5.57 Å². The fourth-order valence-corrected chi connectivity index (χ4v) is 3.50. The molecule has 2 aromatic rings. The van der Waals surface area contributed by atoms with E-state index in [1.54, 1.807) is 12.1 Å². The smallest absolute Gasteiger partial charge is 0.317 e. The average Bonchev–Trinajstić information content (AvgIpc) is 3.00. The molecule has 0 fully saturated rings. The van der Waals surface area contributed by atoms with Crippen LogP contribution in [0.4, 0.5) is 0 Å². The summed E-state index contributed by atoms with van der Waals surface area (Å²) < 4.78 is 17.4. The number of rotatable bonds is 4. The highest BCUT2D eigenvalue weighted by Crippen LogP contribution is 2.44. The fourth-order valence-electron chi connectivity index (χ4n) is 3.50. The van der Waals surface area contributed by atoms with E-state index in [2.05, 4.69) is 0 Å². The molecule has 2 aliphatic rings. The molecular formula is C21H20O4. The summed E-state index contributed by atoms with van der Waals surface area (Å²) in [5, 5.41) is 0. The Morgan fingerprint density at radius 3 is 2.68 bits per heavy atom. The second-order valence-corrected chi connectivity index (χ2v) is 6.22. The number of fused-ring (bicyclic) bond motifs is 3. The zero-order valence-corrected chi connectivity index (χ0v) is 14.1. The normalized spacial score (nSPS) is 23.9. The predicted molar refractivity (Wildman–Crippen MR) is 94.4 cm³/mol. The molecular weight excluding hydrogens is 316 g/mol. The highest BCUT2D eigenvalue weighted by molar-refractivity contribution is 5.83. The van der Waals surface area contributed by atoms with E-state index >= 15 is 0 Å². The quantitative estimate of drug-likeness (QED) is 0.628. The maximum atomic E-state index is 12.7. The molecule has 0 N–H and O–H groups in total.